The zero-order chi connectivity index (χ0) is 15.0. The van der Waals surface area contributed by atoms with E-state index in [1.54, 1.807) is 0 Å². The molecule has 21 heavy (non-hydrogen) atoms. The summed E-state index contributed by atoms with van der Waals surface area (Å²) in [6.45, 7) is 9.39. The molecule has 2 aromatic heterocycles. The molecule has 0 aliphatic rings. The van der Waals surface area contributed by atoms with Crippen molar-refractivity contribution in [3.63, 3.8) is 0 Å². The molecule has 3 nitrogen and oxygen atoms in total. The van der Waals surface area contributed by atoms with Crippen molar-refractivity contribution in [3.8, 4) is 0 Å². The van der Waals surface area contributed by atoms with Gasteiger partial charge in [0.1, 0.15) is 5.82 Å². The van der Waals surface area contributed by atoms with Crippen molar-refractivity contribution >= 4 is 27.6 Å². The van der Waals surface area contributed by atoms with E-state index in [9.17, 15) is 0 Å². The fraction of sp³-hybridized carbons (Fsp3) is 0.333. The highest BCUT2D eigenvalue weighted by molar-refractivity contribution is 6.03. The number of aromatic nitrogens is 2. The maximum absolute atomic E-state index is 4.88. The van der Waals surface area contributed by atoms with Gasteiger partial charge in [-0.05, 0) is 37.5 Å². The maximum Gasteiger partial charge on any atom is 0.130 e. The highest BCUT2D eigenvalue weighted by Crippen LogP contribution is 2.30. The van der Waals surface area contributed by atoms with Gasteiger partial charge in [0.2, 0.25) is 0 Å². The normalized spacial score (nSPS) is 11.5. The molecule has 0 spiro atoms. The predicted molar refractivity (Wildman–Crippen MR) is 90.0 cm³/mol. The van der Waals surface area contributed by atoms with Gasteiger partial charge in [0.15, 0.2) is 0 Å². The van der Waals surface area contributed by atoms with Crippen LogP contribution in [0.3, 0.4) is 0 Å². The minimum atomic E-state index is 0.442. The van der Waals surface area contributed by atoms with E-state index >= 15 is 0 Å². The van der Waals surface area contributed by atoms with Gasteiger partial charge in [-0.15, -0.1) is 0 Å². The summed E-state index contributed by atoms with van der Waals surface area (Å²) in [5, 5.41) is 5.69. The Labute approximate surface area is 125 Å². The monoisotopic (exact) mass is 279 g/mol. The van der Waals surface area contributed by atoms with Crippen molar-refractivity contribution < 1.29 is 0 Å². The van der Waals surface area contributed by atoms with E-state index in [0.717, 1.165) is 39.9 Å². The highest BCUT2D eigenvalue weighted by Gasteiger charge is 2.12. The third-order valence-corrected chi connectivity index (χ3v) is 3.78. The molecule has 0 amide bonds. The molecule has 0 aliphatic carbocycles. The minimum Gasteiger partial charge on any atom is -0.370 e. The first-order chi connectivity index (χ1) is 10.1. The van der Waals surface area contributed by atoms with Gasteiger partial charge in [-0.2, -0.15) is 0 Å². The fourth-order valence-electron chi connectivity index (χ4n) is 2.68. The predicted octanol–water partition coefficient (Wildman–Crippen LogP) is 4.65. The molecule has 0 saturated carbocycles. The van der Waals surface area contributed by atoms with Crippen LogP contribution in [0.2, 0.25) is 0 Å². The summed E-state index contributed by atoms with van der Waals surface area (Å²) >= 11 is 0. The van der Waals surface area contributed by atoms with E-state index in [0.29, 0.717) is 5.92 Å². The summed E-state index contributed by atoms with van der Waals surface area (Å²) in [4.78, 5) is 9.57. The molecule has 1 aromatic carbocycles. The van der Waals surface area contributed by atoms with E-state index < -0.39 is 0 Å². The van der Waals surface area contributed by atoms with E-state index in [1.807, 2.05) is 13.0 Å². The van der Waals surface area contributed by atoms with Crippen molar-refractivity contribution in [2.24, 2.45) is 0 Å². The second-order valence-corrected chi connectivity index (χ2v) is 5.77. The first kappa shape index (κ1) is 13.8. The van der Waals surface area contributed by atoms with Crippen molar-refractivity contribution in [2.45, 2.75) is 33.6 Å². The van der Waals surface area contributed by atoms with Gasteiger partial charge in [-0.1, -0.05) is 32.0 Å². The lowest BCUT2D eigenvalue weighted by Gasteiger charge is -2.15. The summed E-state index contributed by atoms with van der Waals surface area (Å²) in [7, 11) is 0. The SMILES string of the molecule is CCNc1nc2c(ccc3ccc(C)nc32)cc1C(C)C. The lowest BCUT2D eigenvalue weighted by atomic mass is 10.0. The van der Waals surface area contributed by atoms with Crippen LogP contribution in [0.25, 0.3) is 21.8 Å². The molecule has 3 heteroatoms. The molecular weight excluding hydrogens is 258 g/mol. The van der Waals surface area contributed by atoms with Crippen molar-refractivity contribution in [2.75, 3.05) is 11.9 Å². The number of nitrogens with zero attached hydrogens (tertiary/aromatic N) is 2. The first-order valence-electron chi connectivity index (χ1n) is 7.55. The lowest BCUT2D eigenvalue weighted by Crippen LogP contribution is -2.05. The fourth-order valence-corrected chi connectivity index (χ4v) is 2.68. The molecule has 0 atom stereocenters. The van der Waals surface area contributed by atoms with Crippen LogP contribution in [-0.2, 0) is 0 Å². The van der Waals surface area contributed by atoms with Gasteiger partial charge in [-0.3, -0.25) is 4.98 Å². The van der Waals surface area contributed by atoms with Crippen LogP contribution in [0.5, 0.6) is 0 Å². The highest BCUT2D eigenvalue weighted by atomic mass is 15.0. The summed E-state index contributed by atoms with van der Waals surface area (Å²) in [5.41, 5.74) is 4.25. The Bertz CT molecular complexity index is 806. The van der Waals surface area contributed by atoms with Crippen LogP contribution in [0.1, 0.15) is 37.9 Å². The Morgan fingerprint density at radius 1 is 1.00 bits per heavy atom. The van der Waals surface area contributed by atoms with Crippen LogP contribution < -0.4 is 5.32 Å². The Morgan fingerprint density at radius 3 is 2.38 bits per heavy atom. The summed E-state index contributed by atoms with van der Waals surface area (Å²) in [6, 6.07) is 10.7. The number of anilines is 1. The zero-order valence-electron chi connectivity index (χ0n) is 13.1. The van der Waals surface area contributed by atoms with Crippen LogP contribution in [-0.4, -0.2) is 16.5 Å². The third kappa shape index (κ3) is 2.44. The molecule has 1 N–H and O–H groups in total. The van der Waals surface area contributed by atoms with Gasteiger partial charge in [-0.25, -0.2) is 4.98 Å². The molecule has 2 heterocycles. The quantitative estimate of drug-likeness (QED) is 0.709. The molecule has 0 bridgehead atoms. The summed E-state index contributed by atoms with van der Waals surface area (Å²) in [5.74, 6) is 1.42. The number of pyridine rings is 2. The van der Waals surface area contributed by atoms with Crippen molar-refractivity contribution in [1.29, 1.82) is 0 Å². The van der Waals surface area contributed by atoms with E-state index in [1.165, 1.54) is 5.56 Å². The zero-order valence-corrected chi connectivity index (χ0v) is 13.1. The molecule has 0 aliphatic heterocycles. The first-order valence-corrected chi connectivity index (χ1v) is 7.55. The van der Waals surface area contributed by atoms with Gasteiger partial charge < -0.3 is 5.32 Å². The van der Waals surface area contributed by atoms with Crippen molar-refractivity contribution in [1.82, 2.24) is 9.97 Å². The number of hydrogen-bond donors (Lipinski definition) is 1. The Hall–Kier alpha value is -2.16. The molecule has 0 radical (unpaired) electrons. The molecule has 0 saturated heterocycles. The number of hydrogen-bond acceptors (Lipinski definition) is 3. The second kappa shape index (κ2) is 5.32. The number of fused-ring (bicyclic) bond motifs is 3. The summed E-state index contributed by atoms with van der Waals surface area (Å²) < 4.78 is 0. The Balaban J connectivity index is 2.36. The van der Waals surface area contributed by atoms with E-state index in [4.69, 9.17) is 4.98 Å². The Morgan fingerprint density at radius 2 is 1.67 bits per heavy atom. The van der Waals surface area contributed by atoms with Crippen LogP contribution in [0.15, 0.2) is 30.3 Å². The summed E-state index contributed by atoms with van der Waals surface area (Å²) in [6.07, 6.45) is 0. The lowest BCUT2D eigenvalue weighted by molar-refractivity contribution is 0.862. The van der Waals surface area contributed by atoms with Gasteiger partial charge >= 0.3 is 0 Å². The molecule has 0 fully saturated rings. The number of nitrogens with one attached hydrogen (secondary N) is 1. The standard InChI is InChI=1S/C18H21N3/c1-5-19-18-15(11(2)3)10-14-9-8-13-7-6-12(4)20-16(13)17(14)21-18/h6-11H,5H2,1-4H3,(H,19,21). The minimum absolute atomic E-state index is 0.442. The number of aryl methyl sites for hydroxylation is 1. The van der Waals surface area contributed by atoms with E-state index in [2.05, 4.69) is 55.3 Å². The third-order valence-electron chi connectivity index (χ3n) is 3.78. The molecule has 3 aromatic rings. The molecule has 3 rings (SSSR count). The average Bonchev–Trinajstić information content (AvgIpc) is 2.46. The van der Waals surface area contributed by atoms with Crippen LogP contribution >= 0.6 is 0 Å². The second-order valence-electron chi connectivity index (χ2n) is 5.77. The smallest absolute Gasteiger partial charge is 0.130 e. The Kier molecular flexibility index (Phi) is 3.50. The van der Waals surface area contributed by atoms with Crippen LogP contribution in [0.4, 0.5) is 5.82 Å². The van der Waals surface area contributed by atoms with Gasteiger partial charge in [0.05, 0.1) is 11.0 Å². The van der Waals surface area contributed by atoms with Crippen LogP contribution in [0, 0.1) is 6.92 Å². The maximum atomic E-state index is 4.88. The molecular formula is C18H21N3. The molecule has 0 unspecified atom stereocenters. The average molecular weight is 279 g/mol. The largest absolute Gasteiger partial charge is 0.370 e. The van der Waals surface area contributed by atoms with Crippen molar-refractivity contribution in [3.05, 3.63) is 41.6 Å². The van der Waals surface area contributed by atoms with Gasteiger partial charge in [0.25, 0.3) is 0 Å². The van der Waals surface area contributed by atoms with E-state index in [-0.39, 0.29) is 0 Å². The topological polar surface area (TPSA) is 37.8 Å². The van der Waals surface area contributed by atoms with Gasteiger partial charge in [0, 0.05) is 23.0 Å². The molecule has 108 valence electrons. The number of benzene rings is 1. The number of rotatable bonds is 3.